The van der Waals surface area contributed by atoms with Gasteiger partial charge in [-0.1, -0.05) is 47.5 Å². The molecule has 0 fully saturated rings. The SMILES string of the molecule is Cc1cc(C)cc(C(=O)NCC(CC(C)O)c2ccccc2)c1. The van der Waals surface area contributed by atoms with Crippen LogP contribution in [-0.2, 0) is 0 Å². The molecule has 0 heterocycles. The van der Waals surface area contributed by atoms with E-state index in [1.165, 1.54) is 0 Å². The molecule has 3 heteroatoms. The van der Waals surface area contributed by atoms with E-state index in [1.54, 1.807) is 6.92 Å². The molecule has 2 N–H and O–H groups in total. The van der Waals surface area contributed by atoms with E-state index in [2.05, 4.69) is 11.4 Å². The number of hydrogen-bond acceptors (Lipinski definition) is 2. The van der Waals surface area contributed by atoms with Gasteiger partial charge in [-0.15, -0.1) is 0 Å². The van der Waals surface area contributed by atoms with Crippen LogP contribution in [-0.4, -0.2) is 23.7 Å². The first kappa shape index (κ1) is 17.2. The minimum absolute atomic E-state index is 0.0664. The highest BCUT2D eigenvalue weighted by molar-refractivity contribution is 5.94. The standard InChI is InChI=1S/C20H25NO2/c1-14-9-15(2)11-18(10-14)20(23)21-13-19(12-16(3)22)17-7-5-4-6-8-17/h4-11,16,19,22H,12-13H2,1-3H3,(H,21,23). The van der Waals surface area contributed by atoms with Crippen LogP contribution < -0.4 is 5.32 Å². The van der Waals surface area contributed by atoms with Gasteiger partial charge >= 0.3 is 0 Å². The minimum atomic E-state index is -0.404. The molecule has 0 aliphatic heterocycles. The Kier molecular flexibility index (Phi) is 5.94. The second-order valence-electron chi connectivity index (χ2n) is 6.28. The van der Waals surface area contributed by atoms with Gasteiger partial charge < -0.3 is 10.4 Å². The van der Waals surface area contributed by atoms with Crippen molar-refractivity contribution in [3.05, 3.63) is 70.8 Å². The fourth-order valence-corrected chi connectivity index (χ4v) is 2.90. The summed E-state index contributed by atoms with van der Waals surface area (Å²) >= 11 is 0. The number of rotatable bonds is 6. The summed E-state index contributed by atoms with van der Waals surface area (Å²) in [6.45, 7) is 6.27. The number of nitrogens with one attached hydrogen (secondary N) is 1. The maximum atomic E-state index is 12.4. The summed E-state index contributed by atoms with van der Waals surface area (Å²) in [5.41, 5.74) is 3.98. The molecule has 0 aliphatic carbocycles. The van der Waals surface area contributed by atoms with Crippen molar-refractivity contribution in [2.24, 2.45) is 0 Å². The first-order valence-electron chi connectivity index (χ1n) is 8.05. The molecule has 2 atom stereocenters. The molecule has 0 radical (unpaired) electrons. The quantitative estimate of drug-likeness (QED) is 0.856. The number of aliphatic hydroxyl groups excluding tert-OH is 1. The summed E-state index contributed by atoms with van der Waals surface area (Å²) in [4.78, 5) is 12.4. The average molecular weight is 311 g/mol. The maximum Gasteiger partial charge on any atom is 0.251 e. The van der Waals surface area contributed by atoms with Gasteiger partial charge in [-0.05, 0) is 44.9 Å². The van der Waals surface area contributed by atoms with Crippen LogP contribution in [0.15, 0.2) is 48.5 Å². The Morgan fingerprint density at radius 3 is 2.26 bits per heavy atom. The highest BCUT2D eigenvalue weighted by atomic mass is 16.3. The third kappa shape index (κ3) is 5.22. The van der Waals surface area contributed by atoms with Crippen LogP contribution in [0.25, 0.3) is 0 Å². The zero-order valence-electron chi connectivity index (χ0n) is 14.0. The lowest BCUT2D eigenvalue weighted by Gasteiger charge is -2.20. The van der Waals surface area contributed by atoms with Gasteiger partial charge in [0.1, 0.15) is 0 Å². The van der Waals surface area contributed by atoms with E-state index in [-0.39, 0.29) is 11.8 Å². The molecule has 0 aliphatic rings. The van der Waals surface area contributed by atoms with Crippen molar-refractivity contribution in [1.29, 1.82) is 0 Å². The van der Waals surface area contributed by atoms with Crippen molar-refractivity contribution >= 4 is 5.91 Å². The van der Waals surface area contributed by atoms with Gasteiger partial charge in [0.25, 0.3) is 5.91 Å². The summed E-state index contributed by atoms with van der Waals surface area (Å²) in [6.07, 6.45) is 0.218. The summed E-state index contributed by atoms with van der Waals surface area (Å²) in [5.74, 6) is 0.0365. The van der Waals surface area contributed by atoms with Crippen molar-refractivity contribution in [3.8, 4) is 0 Å². The van der Waals surface area contributed by atoms with Gasteiger partial charge in [0.15, 0.2) is 0 Å². The number of hydrogen-bond donors (Lipinski definition) is 2. The highest BCUT2D eigenvalue weighted by Gasteiger charge is 2.16. The average Bonchev–Trinajstić information content (AvgIpc) is 2.50. The molecule has 0 spiro atoms. The number of amides is 1. The van der Waals surface area contributed by atoms with Crippen molar-refractivity contribution < 1.29 is 9.90 Å². The Balaban J connectivity index is 2.07. The van der Waals surface area contributed by atoms with E-state index < -0.39 is 6.10 Å². The van der Waals surface area contributed by atoms with E-state index in [9.17, 15) is 9.90 Å². The lowest BCUT2D eigenvalue weighted by atomic mass is 9.93. The van der Waals surface area contributed by atoms with E-state index >= 15 is 0 Å². The van der Waals surface area contributed by atoms with Crippen LogP contribution in [0.5, 0.6) is 0 Å². The van der Waals surface area contributed by atoms with Gasteiger partial charge in [-0.2, -0.15) is 0 Å². The molecular weight excluding hydrogens is 286 g/mol. The van der Waals surface area contributed by atoms with Crippen LogP contribution in [0.2, 0.25) is 0 Å². The largest absolute Gasteiger partial charge is 0.393 e. The topological polar surface area (TPSA) is 49.3 Å². The van der Waals surface area contributed by atoms with E-state index in [4.69, 9.17) is 0 Å². The van der Waals surface area contributed by atoms with Crippen LogP contribution >= 0.6 is 0 Å². The van der Waals surface area contributed by atoms with Gasteiger partial charge in [0.05, 0.1) is 6.10 Å². The number of aliphatic hydroxyl groups is 1. The van der Waals surface area contributed by atoms with Gasteiger partial charge in [-0.25, -0.2) is 0 Å². The molecule has 3 nitrogen and oxygen atoms in total. The molecule has 0 aromatic heterocycles. The fourth-order valence-electron chi connectivity index (χ4n) is 2.90. The first-order chi connectivity index (χ1) is 11.0. The molecule has 1 amide bonds. The van der Waals surface area contributed by atoms with Crippen LogP contribution in [0.3, 0.4) is 0 Å². The number of carbonyl (C=O) groups excluding carboxylic acids is 1. The van der Waals surface area contributed by atoms with E-state index in [0.29, 0.717) is 18.5 Å². The monoisotopic (exact) mass is 311 g/mol. The molecule has 0 saturated carbocycles. The summed E-state index contributed by atoms with van der Waals surface area (Å²) in [6, 6.07) is 15.9. The molecule has 2 unspecified atom stereocenters. The molecule has 0 saturated heterocycles. The number of aryl methyl sites for hydroxylation is 2. The second kappa shape index (κ2) is 7.93. The molecule has 23 heavy (non-hydrogen) atoms. The third-order valence-corrected chi connectivity index (χ3v) is 3.89. The van der Waals surface area contributed by atoms with Gasteiger partial charge in [0, 0.05) is 18.0 Å². The zero-order valence-corrected chi connectivity index (χ0v) is 14.0. The Bertz CT molecular complexity index is 630. The van der Waals surface area contributed by atoms with Crippen molar-refractivity contribution in [1.82, 2.24) is 5.32 Å². The van der Waals surface area contributed by atoms with Crippen LogP contribution in [0.1, 0.15) is 46.3 Å². The highest BCUT2D eigenvalue weighted by Crippen LogP contribution is 2.20. The smallest absolute Gasteiger partial charge is 0.251 e. The summed E-state index contributed by atoms with van der Waals surface area (Å²) in [7, 11) is 0. The van der Waals surface area contributed by atoms with E-state index in [0.717, 1.165) is 16.7 Å². The molecule has 2 aromatic rings. The van der Waals surface area contributed by atoms with Gasteiger partial charge in [-0.3, -0.25) is 4.79 Å². The van der Waals surface area contributed by atoms with Crippen LogP contribution in [0, 0.1) is 13.8 Å². The second-order valence-corrected chi connectivity index (χ2v) is 6.28. The number of benzene rings is 2. The predicted octanol–water partition coefficient (Wildman–Crippen LogP) is 3.59. The molecule has 2 aromatic carbocycles. The number of carbonyl (C=O) groups is 1. The Hall–Kier alpha value is -2.13. The minimum Gasteiger partial charge on any atom is -0.393 e. The Morgan fingerprint density at radius 1 is 1.09 bits per heavy atom. The molecule has 0 bridgehead atoms. The Labute approximate surface area is 138 Å². The third-order valence-electron chi connectivity index (χ3n) is 3.89. The van der Waals surface area contributed by atoms with Crippen molar-refractivity contribution in [3.63, 3.8) is 0 Å². The lowest BCUT2D eigenvalue weighted by molar-refractivity contribution is 0.0945. The Morgan fingerprint density at radius 2 is 1.70 bits per heavy atom. The zero-order chi connectivity index (χ0) is 16.8. The summed E-state index contributed by atoms with van der Waals surface area (Å²) < 4.78 is 0. The normalized spacial score (nSPS) is 13.4. The maximum absolute atomic E-state index is 12.4. The van der Waals surface area contributed by atoms with Crippen molar-refractivity contribution in [2.45, 2.75) is 39.2 Å². The predicted molar refractivity (Wildman–Crippen MR) is 93.7 cm³/mol. The molecular formula is C20H25NO2. The molecule has 2 rings (SSSR count). The fraction of sp³-hybridized carbons (Fsp3) is 0.350. The molecule has 122 valence electrons. The first-order valence-corrected chi connectivity index (χ1v) is 8.05. The van der Waals surface area contributed by atoms with E-state index in [1.807, 2.05) is 56.3 Å². The lowest BCUT2D eigenvalue weighted by Crippen LogP contribution is -2.29. The van der Waals surface area contributed by atoms with Gasteiger partial charge in [0.2, 0.25) is 0 Å². The summed E-state index contributed by atoms with van der Waals surface area (Å²) in [5, 5.41) is 12.7. The van der Waals surface area contributed by atoms with Crippen LogP contribution in [0.4, 0.5) is 0 Å². The van der Waals surface area contributed by atoms with Crippen molar-refractivity contribution in [2.75, 3.05) is 6.54 Å².